The van der Waals surface area contributed by atoms with Crippen molar-refractivity contribution in [3.05, 3.63) is 76.3 Å². The number of nitrogens with zero attached hydrogens (tertiary/aromatic N) is 2. The topological polar surface area (TPSA) is 114 Å². The summed E-state index contributed by atoms with van der Waals surface area (Å²) in [6.45, 7) is 3.81. The largest absolute Gasteiger partial charge is 0.491 e. The SMILES string of the molecule is CCCOc1cnc2[nH]ccc2c1C(=O)c1ncc(C)cc1NS(=O)(=O)c1ccc(Cl)c(C(F)(F)F)c1. The maximum absolute atomic E-state index is 13.7. The maximum atomic E-state index is 13.7. The molecule has 0 amide bonds. The van der Waals surface area contributed by atoms with Crippen LogP contribution in [0.5, 0.6) is 5.75 Å². The van der Waals surface area contributed by atoms with Crippen molar-refractivity contribution in [3.63, 3.8) is 0 Å². The monoisotopic (exact) mass is 552 g/mol. The molecule has 0 fully saturated rings. The highest BCUT2D eigenvalue weighted by Gasteiger charge is 2.35. The van der Waals surface area contributed by atoms with Gasteiger partial charge in [0.05, 0.1) is 39.5 Å². The second kappa shape index (κ2) is 10.0. The lowest BCUT2D eigenvalue weighted by Crippen LogP contribution is -2.18. The normalized spacial score (nSPS) is 12.1. The average Bonchev–Trinajstić information content (AvgIpc) is 3.30. The van der Waals surface area contributed by atoms with Crippen LogP contribution in [0.4, 0.5) is 18.9 Å². The van der Waals surface area contributed by atoms with Gasteiger partial charge in [0.1, 0.15) is 17.1 Å². The van der Waals surface area contributed by atoms with E-state index in [9.17, 15) is 26.4 Å². The molecular formula is C24H20ClF3N4O4S. The van der Waals surface area contributed by atoms with E-state index in [2.05, 4.69) is 19.7 Å². The zero-order chi connectivity index (χ0) is 27.0. The number of rotatable bonds is 8. The number of hydrogen-bond donors (Lipinski definition) is 2. The summed E-state index contributed by atoms with van der Waals surface area (Å²) in [7, 11) is -4.57. The fourth-order valence-corrected chi connectivity index (χ4v) is 4.89. The van der Waals surface area contributed by atoms with Crippen molar-refractivity contribution in [1.82, 2.24) is 15.0 Å². The molecule has 4 aromatic rings. The fourth-order valence-electron chi connectivity index (χ4n) is 3.58. The number of H-pyrrole nitrogens is 1. The first-order valence-electron chi connectivity index (χ1n) is 10.9. The van der Waals surface area contributed by atoms with Crippen LogP contribution in [0.15, 0.2) is 53.8 Å². The van der Waals surface area contributed by atoms with Gasteiger partial charge in [-0.2, -0.15) is 13.2 Å². The molecule has 0 aliphatic carbocycles. The van der Waals surface area contributed by atoms with Gasteiger partial charge in [-0.05, 0) is 49.2 Å². The zero-order valence-corrected chi connectivity index (χ0v) is 21.1. The van der Waals surface area contributed by atoms with Crippen molar-refractivity contribution < 1.29 is 31.1 Å². The average molecular weight is 553 g/mol. The number of nitrogens with one attached hydrogen (secondary N) is 2. The Morgan fingerprint density at radius 2 is 1.92 bits per heavy atom. The van der Waals surface area contributed by atoms with E-state index in [1.54, 1.807) is 19.2 Å². The molecule has 8 nitrogen and oxygen atoms in total. The Bertz CT molecular complexity index is 1600. The lowest BCUT2D eigenvalue weighted by atomic mass is 10.0. The molecule has 0 saturated heterocycles. The number of ether oxygens (including phenoxy) is 1. The summed E-state index contributed by atoms with van der Waals surface area (Å²) in [5, 5.41) is -0.213. The summed E-state index contributed by atoms with van der Waals surface area (Å²) in [4.78, 5) is 24.3. The Labute approximate surface area is 214 Å². The Morgan fingerprint density at radius 3 is 2.62 bits per heavy atom. The predicted octanol–water partition coefficient (Wildman–Crippen LogP) is 5.76. The van der Waals surface area contributed by atoms with Crippen molar-refractivity contribution >= 4 is 44.1 Å². The molecule has 0 radical (unpaired) electrons. The number of hydrogen-bond acceptors (Lipinski definition) is 6. The van der Waals surface area contributed by atoms with E-state index in [0.29, 0.717) is 35.7 Å². The summed E-state index contributed by atoms with van der Waals surface area (Å²) in [6, 6.07) is 5.20. The molecule has 13 heteroatoms. The number of anilines is 1. The Balaban J connectivity index is 1.80. The zero-order valence-electron chi connectivity index (χ0n) is 19.5. The Kier molecular flexibility index (Phi) is 7.16. The molecule has 37 heavy (non-hydrogen) atoms. The van der Waals surface area contributed by atoms with Crippen LogP contribution in [-0.2, 0) is 16.2 Å². The highest BCUT2D eigenvalue weighted by Crippen LogP contribution is 2.37. The van der Waals surface area contributed by atoms with E-state index in [-0.39, 0.29) is 22.7 Å². The maximum Gasteiger partial charge on any atom is 0.417 e. The van der Waals surface area contributed by atoms with Crippen LogP contribution in [-0.4, -0.2) is 35.8 Å². The molecule has 3 heterocycles. The van der Waals surface area contributed by atoms with E-state index >= 15 is 0 Å². The summed E-state index contributed by atoms with van der Waals surface area (Å²) < 4.78 is 74.0. The molecule has 0 saturated carbocycles. The van der Waals surface area contributed by atoms with E-state index in [4.69, 9.17) is 16.3 Å². The van der Waals surface area contributed by atoms with Crippen LogP contribution in [0.25, 0.3) is 11.0 Å². The first kappa shape index (κ1) is 26.4. The summed E-state index contributed by atoms with van der Waals surface area (Å²) in [5.41, 5.74) is -0.764. The standard InChI is InChI=1S/C24H20ClF3N4O4S/c1-3-8-36-19-12-31-23-15(6-7-29-23)20(19)22(33)21-18(9-13(2)11-30-21)32-37(34,35)14-4-5-17(25)16(10-14)24(26,27)28/h4-7,9-12,32H,3,8H2,1-2H3,(H,29,31). The van der Waals surface area contributed by atoms with Crippen molar-refractivity contribution in [2.75, 3.05) is 11.3 Å². The van der Waals surface area contributed by atoms with Crippen molar-refractivity contribution in [2.45, 2.75) is 31.3 Å². The second-order valence-electron chi connectivity index (χ2n) is 8.07. The third-order valence-corrected chi connectivity index (χ3v) is 6.97. The number of aryl methyl sites for hydroxylation is 1. The molecule has 0 spiro atoms. The van der Waals surface area contributed by atoms with Gasteiger partial charge in [-0.25, -0.2) is 13.4 Å². The van der Waals surface area contributed by atoms with Gasteiger partial charge in [0.15, 0.2) is 0 Å². The van der Waals surface area contributed by atoms with Gasteiger partial charge in [-0.3, -0.25) is 14.5 Å². The van der Waals surface area contributed by atoms with Gasteiger partial charge in [-0.1, -0.05) is 18.5 Å². The van der Waals surface area contributed by atoms with E-state index in [1.807, 2.05) is 6.92 Å². The van der Waals surface area contributed by atoms with Crippen LogP contribution >= 0.6 is 11.6 Å². The number of ketones is 1. The summed E-state index contributed by atoms with van der Waals surface area (Å²) in [6.07, 6.45) is 0.132. The van der Waals surface area contributed by atoms with Crippen LogP contribution in [0.1, 0.15) is 40.5 Å². The van der Waals surface area contributed by atoms with Gasteiger partial charge in [-0.15, -0.1) is 0 Å². The molecule has 1 aromatic carbocycles. The first-order chi connectivity index (χ1) is 17.4. The number of aromatic nitrogens is 3. The molecule has 194 valence electrons. The highest BCUT2D eigenvalue weighted by atomic mass is 35.5. The third-order valence-electron chi connectivity index (χ3n) is 5.28. The van der Waals surface area contributed by atoms with Crippen LogP contribution in [0.2, 0.25) is 5.02 Å². The molecule has 0 atom stereocenters. The van der Waals surface area contributed by atoms with E-state index < -0.39 is 37.5 Å². The number of halogens is 4. The molecule has 2 N–H and O–H groups in total. The Hall–Kier alpha value is -3.64. The molecular weight excluding hydrogens is 533 g/mol. The number of carbonyl (C=O) groups excluding carboxylic acids is 1. The quantitative estimate of drug-likeness (QED) is 0.269. The minimum absolute atomic E-state index is 0.113. The Morgan fingerprint density at radius 1 is 1.16 bits per heavy atom. The van der Waals surface area contributed by atoms with E-state index in [0.717, 1.165) is 12.1 Å². The summed E-state index contributed by atoms with van der Waals surface area (Å²) >= 11 is 5.63. The smallest absolute Gasteiger partial charge is 0.417 e. The van der Waals surface area contributed by atoms with Gasteiger partial charge >= 0.3 is 6.18 Å². The number of pyridine rings is 2. The van der Waals surface area contributed by atoms with Crippen molar-refractivity contribution in [1.29, 1.82) is 0 Å². The molecule has 0 aliphatic rings. The number of aromatic amines is 1. The van der Waals surface area contributed by atoms with Gasteiger partial charge in [0.2, 0.25) is 5.78 Å². The third kappa shape index (κ3) is 5.39. The van der Waals surface area contributed by atoms with Gasteiger partial charge in [0.25, 0.3) is 10.0 Å². The highest BCUT2D eigenvalue weighted by molar-refractivity contribution is 7.92. The molecule has 0 unspecified atom stereocenters. The van der Waals surface area contributed by atoms with Gasteiger partial charge in [0, 0.05) is 17.8 Å². The number of alkyl halides is 3. The molecule has 0 bridgehead atoms. The van der Waals surface area contributed by atoms with Gasteiger partial charge < -0.3 is 9.72 Å². The van der Waals surface area contributed by atoms with Crippen LogP contribution in [0.3, 0.4) is 0 Å². The summed E-state index contributed by atoms with van der Waals surface area (Å²) in [5.74, 6) is -0.481. The van der Waals surface area contributed by atoms with Crippen LogP contribution in [0, 0.1) is 6.92 Å². The predicted molar refractivity (Wildman–Crippen MR) is 132 cm³/mol. The molecule has 4 rings (SSSR count). The second-order valence-corrected chi connectivity index (χ2v) is 10.2. The first-order valence-corrected chi connectivity index (χ1v) is 12.8. The minimum atomic E-state index is -4.87. The minimum Gasteiger partial charge on any atom is -0.491 e. The van der Waals surface area contributed by atoms with E-state index in [1.165, 1.54) is 18.5 Å². The lowest BCUT2D eigenvalue weighted by Gasteiger charge is -2.16. The number of benzene rings is 1. The molecule has 0 aliphatic heterocycles. The van der Waals surface area contributed by atoms with Crippen molar-refractivity contribution in [2.24, 2.45) is 0 Å². The number of carbonyl (C=O) groups is 1. The lowest BCUT2D eigenvalue weighted by molar-refractivity contribution is -0.137. The number of fused-ring (bicyclic) bond motifs is 1. The number of sulfonamides is 1. The fraction of sp³-hybridized carbons (Fsp3) is 0.208. The van der Waals surface area contributed by atoms with Crippen molar-refractivity contribution in [3.8, 4) is 5.75 Å². The molecule has 3 aromatic heterocycles. The van der Waals surface area contributed by atoms with Crippen LogP contribution < -0.4 is 9.46 Å².